The van der Waals surface area contributed by atoms with Gasteiger partial charge in [-0.15, -0.1) is 0 Å². The van der Waals surface area contributed by atoms with Gasteiger partial charge in [0.2, 0.25) is 0 Å². The van der Waals surface area contributed by atoms with Crippen molar-refractivity contribution in [3.05, 3.63) is 72.7 Å². The molecule has 1 heterocycles. The molecule has 138 valence electrons. The number of nitrogens with zero attached hydrogens (tertiary/aromatic N) is 2. The van der Waals surface area contributed by atoms with Gasteiger partial charge in [0, 0.05) is 11.8 Å². The fraction of sp³-hybridized carbons (Fsp3) is 0.150. The zero-order valence-corrected chi connectivity index (χ0v) is 14.5. The average molecular weight is 366 g/mol. The Labute approximate surface area is 155 Å². The van der Waals surface area contributed by atoms with Crippen LogP contribution < -0.4 is 4.74 Å². The molecule has 3 rings (SSSR count). The van der Waals surface area contributed by atoms with Crippen molar-refractivity contribution in [2.24, 2.45) is 5.92 Å². The molecular formula is C20H18N2O5. The number of carbonyl (C=O) groups is 2. The molecule has 2 N–H and O–H groups in total. The highest BCUT2D eigenvalue weighted by Gasteiger charge is 2.37. The summed E-state index contributed by atoms with van der Waals surface area (Å²) in [5.41, 5.74) is 2.01. The first-order valence-corrected chi connectivity index (χ1v) is 8.19. The second-order valence-electron chi connectivity index (χ2n) is 5.94. The van der Waals surface area contributed by atoms with Crippen molar-refractivity contribution in [2.45, 2.75) is 6.04 Å². The molecule has 0 amide bonds. The highest BCUT2D eigenvalue weighted by Crippen LogP contribution is 2.30. The van der Waals surface area contributed by atoms with E-state index in [1.807, 2.05) is 30.3 Å². The van der Waals surface area contributed by atoms with Gasteiger partial charge in [-0.25, -0.2) is 4.98 Å². The van der Waals surface area contributed by atoms with Crippen LogP contribution in [0.1, 0.15) is 11.6 Å². The number of hydrogen-bond acceptors (Lipinski definition) is 4. The number of aromatic nitrogens is 2. The summed E-state index contributed by atoms with van der Waals surface area (Å²) in [6, 6.07) is 15.0. The molecule has 0 aliphatic carbocycles. The maximum absolute atomic E-state index is 11.7. The number of methoxy groups -OCH3 is 1. The van der Waals surface area contributed by atoms with Crippen LogP contribution in [0.25, 0.3) is 11.3 Å². The Morgan fingerprint density at radius 3 is 2.19 bits per heavy atom. The highest BCUT2D eigenvalue weighted by atomic mass is 16.5. The van der Waals surface area contributed by atoms with Crippen molar-refractivity contribution in [3.63, 3.8) is 0 Å². The van der Waals surface area contributed by atoms with Crippen LogP contribution in [-0.2, 0) is 9.59 Å². The molecule has 1 unspecified atom stereocenters. The van der Waals surface area contributed by atoms with E-state index in [4.69, 9.17) is 4.74 Å². The summed E-state index contributed by atoms with van der Waals surface area (Å²) in [6.07, 6.45) is 3.11. The summed E-state index contributed by atoms with van der Waals surface area (Å²) in [4.78, 5) is 27.7. The van der Waals surface area contributed by atoms with Crippen molar-refractivity contribution in [3.8, 4) is 17.0 Å². The van der Waals surface area contributed by atoms with Gasteiger partial charge in [0.05, 0.1) is 25.2 Å². The summed E-state index contributed by atoms with van der Waals surface area (Å²) in [5.74, 6) is -3.91. The molecule has 0 bridgehead atoms. The highest BCUT2D eigenvalue weighted by molar-refractivity contribution is 5.94. The number of benzene rings is 2. The molecule has 7 nitrogen and oxygen atoms in total. The first kappa shape index (κ1) is 18.2. The SMILES string of the molecule is COc1ccc(C(C(C(=O)O)C(=O)O)n2cnc(-c3ccccc3)c2)cc1. The third-order valence-corrected chi connectivity index (χ3v) is 4.30. The Hall–Kier alpha value is -3.61. The van der Waals surface area contributed by atoms with Gasteiger partial charge in [-0.05, 0) is 17.7 Å². The fourth-order valence-electron chi connectivity index (χ4n) is 2.96. The number of ether oxygens (including phenoxy) is 1. The molecule has 0 fully saturated rings. The van der Waals surface area contributed by atoms with Crippen LogP contribution in [0.5, 0.6) is 5.75 Å². The summed E-state index contributed by atoms with van der Waals surface area (Å²) in [6.45, 7) is 0. The standard InChI is InChI=1S/C20H18N2O5/c1-27-15-9-7-14(8-10-15)18(17(19(23)24)20(25)26)22-11-16(21-12-22)13-5-3-2-4-6-13/h2-12,17-18H,1H3,(H,23,24)(H,25,26). The van der Waals surface area contributed by atoms with E-state index in [1.165, 1.54) is 18.0 Å². The lowest BCUT2D eigenvalue weighted by molar-refractivity contribution is -0.156. The number of carboxylic acids is 2. The monoisotopic (exact) mass is 366 g/mol. The molecule has 0 spiro atoms. The normalized spacial score (nSPS) is 11.9. The van der Waals surface area contributed by atoms with E-state index in [-0.39, 0.29) is 0 Å². The molecule has 0 saturated carbocycles. The van der Waals surface area contributed by atoms with E-state index in [0.717, 1.165) is 5.56 Å². The van der Waals surface area contributed by atoms with Crippen molar-refractivity contribution in [2.75, 3.05) is 7.11 Å². The molecule has 2 aromatic carbocycles. The van der Waals surface area contributed by atoms with Crippen molar-refractivity contribution < 1.29 is 24.5 Å². The Balaban J connectivity index is 2.08. The first-order valence-electron chi connectivity index (χ1n) is 8.19. The van der Waals surface area contributed by atoms with Gasteiger partial charge in [0.15, 0.2) is 5.92 Å². The number of hydrogen-bond donors (Lipinski definition) is 2. The summed E-state index contributed by atoms with van der Waals surface area (Å²) in [5, 5.41) is 19.0. The molecule has 0 aliphatic rings. The quantitative estimate of drug-likeness (QED) is 0.624. The predicted octanol–water partition coefficient (Wildman–Crippen LogP) is 2.93. The van der Waals surface area contributed by atoms with Crippen LogP contribution in [0, 0.1) is 5.92 Å². The molecule has 0 aliphatic heterocycles. The lowest BCUT2D eigenvalue weighted by atomic mass is 9.92. The molecule has 7 heteroatoms. The third-order valence-electron chi connectivity index (χ3n) is 4.30. The first-order chi connectivity index (χ1) is 13.0. The van der Waals surface area contributed by atoms with Crippen LogP contribution in [0.15, 0.2) is 67.1 Å². The minimum Gasteiger partial charge on any atom is -0.497 e. The Bertz CT molecular complexity index is 921. The molecule has 0 radical (unpaired) electrons. The lowest BCUT2D eigenvalue weighted by Crippen LogP contribution is -2.33. The molecule has 1 aromatic heterocycles. The largest absolute Gasteiger partial charge is 0.497 e. The zero-order valence-electron chi connectivity index (χ0n) is 14.5. The lowest BCUT2D eigenvalue weighted by Gasteiger charge is -2.23. The van der Waals surface area contributed by atoms with E-state index < -0.39 is 23.9 Å². The van der Waals surface area contributed by atoms with E-state index in [1.54, 1.807) is 30.5 Å². The van der Waals surface area contributed by atoms with Crippen LogP contribution in [0.2, 0.25) is 0 Å². The van der Waals surface area contributed by atoms with E-state index in [2.05, 4.69) is 4.98 Å². The van der Waals surface area contributed by atoms with Gasteiger partial charge in [0.25, 0.3) is 0 Å². The van der Waals surface area contributed by atoms with Crippen molar-refractivity contribution in [1.29, 1.82) is 0 Å². The molecular weight excluding hydrogens is 348 g/mol. The fourth-order valence-corrected chi connectivity index (χ4v) is 2.96. The van der Waals surface area contributed by atoms with Crippen molar-refractivity contribution in [1.82, 2.24) is 9.55 Å². The minimum absolute atomic E-state index is 0.530. The van der Waals surface area contributed by atoms with Gasteiger partial charge in [0.1, 0.15) is 5.75 Å². The van der Waals surface area contributed by atoms with Crippen LogP contribution in [0.3, 0.4) is 0 Å². The van der Waals surface area contributed by atoms with Gasteiger partial charge in [-0.2, -0.15) is 0 Å². The van der Waals surface area contributed by atoms with E-state index in [0.29, 0.717) is 17.0 Å². The number of carboxylic acid groups (broad SMARTS) is 2. The van der Waals surface area contributed by atoms with Gasteiger partial charge >= 0.3 is 11.9 Å². The average Bonchev–Trinajstić information content (AvgIpc) is 3.16. The smallest absolute Gasteiger partial charge is 0.320 e. The van der Waals surface area contributed by atoms with Crippen molar-refractivity contribution >= 4 is 11.9 Å². The van der Waals surface area contributed by atoms with E-state index in [9.17, 15) is 19.8 Å². The third kappa shape index (κ3) is 3.82. The van der Waals surface area contributed by atoms with Crippen LogP contribution in [0.4, 0.5) is 0 Å². The Morgan fingerprint density at radius 1 is 1.00 bits per heavy atom. The topological polar surface area (TPSA) is 102 Å². The van der Waals surface area contributed by atoms with E-state index >= 15 is 0 Å². The molecule has 27 heavy (non-hydrogen) atoms. The number of aliphatic carboxylic acids is 2. The second kappa shape index (κ2) is 7.74. The summed E-state index contributed by atoms with van der Waals surface area (Å²) in [7, 11) is 1.52. The Morgan fingerprint density at radius 2 is 1.63 bits per heavy atom. The van der Waals surface area contributed by atoms with Gasteiger partial charge < -0.3 is 19.5 Å². The predicted molar refractivity (Wildman–Crippen MR) is 97.6 cm³/mol. The number of imidazole rings is 1. The minimum atomic E-state index is -1.67. The summed E-state index contributed by atoms with van der Waals surface area (Å²) < 4.78 is 6.65. The zero-order chi connectivity index (χ0) is 19.4. The van der Waals surface area contributed by atoms with Crippen LogP contribution in [-0.4, -0.2) is 38.8 Å². The van der Waals surface area contributed by atoms with Gasteiger partial charge in [-0.1, -0.05) is 42.5 Å². The number of rotatable bonds is 7. The Kier molecular flexibility index (Phi) is 5.21. The maximum Gasteiger partial charge on any atom is 0.320 e. The molecule has 3 aromatic rings. The van der Waals surface area contributed by atoms with Gasteiger partial charge in [-0.3, -0.25) is 9.59 Å². The summed E-state index contributed by atoms with van der Waals surface area (Å²) >= 11 is 0. The second-order valence-corrected chi connectivity index (χ2v) is 5.94. The molecule has 1 atom stereocenters. The molecule has 0 saturated heterocycles. The van der Waals surface area contributed by atoms with Crippen LogP contribution >= 0.6 is 0 Å². The maximum atomic E-state index is 11.7.